The van der Waals surface area contributed by atoms with E-state index in [-0.39, 0.29) is 0 Å². The first-order chi connectivity index (χ1) is 11.9. The Balaban J connectivity index is 1.83. The molecule has 3 aliphatic carbocycles. The van der Waals surface area contributed by atoms with Crippen molar-refractivity contribution >= 4 is 0 Å². The van der Waals surface area contributed by atoms with Crippen LogP contribution < -0.4 is 0 Å². The molecule has 0 aliphatic heterocycles. The first-order valence-electron chi connectivity index (χ1n) is 10.4. The lowest BCUT2D eigenvalue weighted by molar-refractivity contribution is 0.579. The van der Waals surface area contributed by atoms with E-state index < -0.39 is 0 Å². The Morgan fingerprint density at radius 1 is 0.458 bits per heavy atom. The standard InChI is InChI=1S/C24H32/c1-3-7-15-23-21(13-5-1)17-19-11-9-10-12-20(19)18-22-14-6-2-4-8-16-24(22)23/h9-12H,1-8,13-18H2/b23-21-,24-22-. The lowest BCUT2D eigenvalue weighted by Gasteiger charge is -2.29. The SMILES string of the molecule is c1ccc2c(c1)C/C1=C(CCCCCC1)\C1=C(\CCCCCC1)C2. The normalized spacial score (nSPS) is 28.8. The maximum absolute atomic E-state index is 2.40. The summed E-state index contributed by atoms with van der Waals surface area (Å²) in [5.74, 6) is 0. The number of hydrogen-bond donors (Lipinski definition) is 0. The van der Waals surface area contributed by atoms with Crippen LogP contribution in [0.2, 0.25) is 0 Å². The molecule has 4 rings (SSSR count). The van der Waals surface area contributed by atoms with Crippen LogP contribution in [0.1, 0.15) is 88.2 Å². The number of hydrogen-bond acceptors (Lipinski definition) is 0. The fourth-order valence-electron chi connectivity index (χ4n) is 5.12. The fraction of sp³-hybridized carbons (Fsp3) is 0.583. The predicted octanol–water partition coefficient (Wildman–Crippen LogP) is 7.09. The summed E-state index contributed by atoms with van der Waals surface area (Å²) in [7, 11) is 0. The van der Waals surface area contributed by atoms with Crippen LogP contribution in [0.3, 0.4) is 0 Å². The Kier molecular flexibility index (Phi) is 5.21. The van der Waals surface area contributed by atoms with E-state index in [1.54, 1.807) is 22.3 Å². The van der Waals surface area contributed by atoms with Gasteiger partial charge in [0, 0.05) is 0 Å². The molecule has 0 unspecified atom stereocenters. The topological polar surface area (TPSA) is 0 Å². The van der Waals surface area contributed by atoms with Gasteiger partial charge in [0.1, 0.15) is 0 Å². The van der Waals surface area contributed by atoms with Crippen LogP contribution in [0, 0.1) is 0 Å². The zero-order valence-corrected chi connectivity index (χ0v) is 15.2. The van der Waals surface area contributed by atoms with Crippen LogP contribution in [0.4, 0.5) is 0 Å². The van der Waals surface area contributed by atoms with Crippen molar-refractivity contribution in [2.24, 2.45) is 0 Å². The zero-order chi connectivity index (χ0) is 16.2. The third-order valence-corrected chi connectivity index (χ3v) is 6.45. The van der Waals surface area contributed by atoms with Gasteiger partial charge in [-0.15, -0.1) is 0 Å². The van der Waals surface area contributed by atoms with Gasteiger partial charge in [0.05, 0.1) is 0 Å². The molecule has 0 saturated heterocycles. The largest absolute Gasteiger partial charge is 0.0623 e. The first kappa shape index (κ1) is 16.2. The zero-order valence-electron chi connectivity index (χ0n) is 15.2. The van der Waals surface area contributed by atoms with Crippen molar-refractivity contribution in [3.8, 4) is 0 Å². The molecule has 1 aromatic rings. The predicted molar refractivity (Wildman–Crippen MR) is 103 cm³/mol. The van der Waals surface area contributed by atoms with E-state index in [2.05, 4.69) is 24.3 Å². The number of rotatable bonds is 0. The van der Waals surface area contributed by atoms with Gasteiger partial charge < -0.3 is 0 Å². The van der Waals surface area contributed by atoms with Gasteiger partial charge in [-0.05, 0) is 86.5 Å². The van der Waals surface area contributed by atoms with E-state index >= 15 is 0 Å². The van der Waals surface area contributed by atoms with E-state index in [0.29, 0.717) is 0 Å². The Bertz CT molecular complexity index is 587. The summed E-state index contributed by atoms with van der Waals surface area (Å²) in [4.78, 5) is 0. The van der Waals surface area contributed by atoms with Gasteiger partial charge >= 0.3 is 0 Å². The summed E-state index contributed by atoms with van der Waals surface area (Å²) in [6, 6.07) is 9.29. The molecule has 0 heterocycles. The quantitative estimate of drug-likeness (QED) is 0.479. The highest BCUT2D eigenvalue weighted by molar-refractivity contribution is 5.47. The van der Waals surface area contributed by atoms with Crippen molar-refractivity contribution in [1.82, 2.24) is 0 Å². The van der Waals surface area contributed by atoms with E-state index in [4.69, 9.17) is 0 Å². The summed E-state index contributed by atoms with van der Waals surface area (Å²) in [6.45, 7) is 0. The maximum Gasteiger partial charge on any atom is -0.00583 e. The van der Waals surface area contributed by atoms with Crippen LogP contribution in [-0.4, -0.2) is 0 Å². The highest BCUT2D eigenvalue weighted by Crippen LogP contribution is 2.39. The molecule has 0 aromatic heterocycles. The second-order valence-electron chi connectivity index (χ2n) is 8.11. The van der Waals surface area contributed by atoms with Gasteiger partial charge in [-0.3, -0.25) is 0 Å². The first-order valence-corrected chi connectivity index (χ1v) is 10.4. The number of allylic oxidation sites excluding steroid dienone is 4. The maximum atomic E-state index is 2.40. The van der Waals surface area contributed by atoms with Crippen molar-refractivity contribution in [1.29, 1.82) is 0 Å². The Hall–Kier alpha value is -1.30. The molecule has 0 radical (unpaired) electrons. The summed E-state index contributed by atoms with van der Waals surface area (Å²) in [5.41, 5.74) is 10.5. The highest BCUT2D eigenvalue weighted by atomic mass is 14.3. The third-order valence-electron chi connectivity index (χ3n) is 6.45. The van der Waals surface area contributed by atoms with Crippen molar-refractivity contribution in [2.75, 3.05) is 0 Å². The van der Waals surface area contributed by atoms with Gasteiger partial charge in [-0.2, -0.15) is 0 Å². The molecule has 0 spiro atoms. The molecular weight excluding hydrogens is 288 g/mol. The molecule has 0 N–H and O–H groups in total. The lowest BCUT2D eigenvalue weighted by Crippen LogP contribution is -2.12. The molecule has 0 atom stereocenters. The molecule has 1 aromatic carbocycles. The minimum atomic E-state index is 1.22. The average Bonchev–Trinajstić information content (AvgIpc) is 2.55. The molecule has 24 heavy (non-hydrogen) atoms. The van der Waals surface area contributed by atoms with Crippen LogP contribution >= 0.6 is 0 Å². The molecule has 0 fully saturated rings. The lowest BCUT2D eigenvalue weighted by atomic mass is 9.77. The molecule has 0 bridgehead atoms. The van der Waals surface area contributed by atoms with Crippen molar-refractivity contribution in [2.45, 2.75) is 89.9 Å². The minimum Gasteiger partial charge on any atom is -0.0623 e. The highest BCUT2D eigenvalue weighted by Gasteiger charge is 2.22. The minimum absolute atomic E-state index is 1.22. The number of fused-ring (bicyclic) bond motifs is 2. The summed E-state index contributed by atoms with van der Waals surface area (Å²) in [5, 5.41) is 0. The van der Waals surface area contributed by atoms with E-state index in [9.17, 15) is 0 Å². The van der Waals surface area contributed by atoms with Crippen LogP contribution in [0.5, 0.6) is 0 Å². The average molecular weight is 321 g/mol. The van der Waals surface area contributed by atoms with E-state index in [1.807, 2.05) is 11.1 Å². The second kappa shape index (κ2) is 7.72. The van der Waals surface area contributed by atoms with Gasteiger partial charge in [-0.1, -0.05) is 61.1 Å². The van der Waals surface area contributed by atoms with E-state index in [1.165, 1.54) is 89.9 Å². The van der Waals surface area contributed by atoms with Crippen molar-refractivity contribution in [3.05, 3.63) is 57.7 Å². The van der Waals surface area contributed by atoms with Gasteiger partial charge in [0.15, 0.2) is 0 Å². The van der Waals surface area contributed by atoms with Crippen molar-refractivity contribution < 1.29 is 0 Å². The molecular formula is C24H32. The molecule has 128 valence electrons. The molecule has 3 aliphatic rings. The van der Waals surface area contributed by atoms with Gasteiger partial charge in [0.25, 0.3) is 0 Å². The molecule has 0 amide bonds. The summed E-state index contributed by atoms with van der Waals surface area (Å²) in [6.07, 6.45) is 19.3. The smallest absolute Gasteiger partial charge is 0.00583 e. The molecule has 0 saturated carbocycles. The van der Waals surface area contributed by atoms with Crippen LogP contribution in [0.15, 0.2) is 46.6 Å². The Labute approximate surface area is 148 Å². The van der Waals surface area contributed by atoms with Gasteiger partial charge in [-0.25, -0.2) is 0 Å². The third kappa shape index (κ3) is 3.53. The molecule has 0 nitrogen and oxygen atoms in total. The molecule has 0 heteroatoms. The Morgan fingerprint density at radius 2 is 0.875 bits per heavy atom. The Morgan fingerprint density at radius 3 is 1.33 bits per heavy atom. The van der Waals surface area contributed by atoms with Crippen molar-refractivity contribution in [3.63, 3.8) is 0 Å². The van der Waals surface area contributed by atoms with E-state index in [0.717, 1.165) is 0 Å². The fourth-order valence-corrected chi connectivity index (χ4v) is 5.12. The second-order valence-corrected chi connectivity index (χ2v) is 8.11. The van der Waals surface area contributed by atoms with Gasteiger partial charge in [0.2, 0.25) is 0 Å². The number of benzene rings is 1. The van der Waals surface area contributed by atoms with Crippen LogP contribution in [0.25, 0.3) is 0 Å². The summed E-state index contributed by atoms with van der Waals surface area (Å²) < 4.78 is 0. The summed E-state index contributed by atoms with van der Waals surface area (Å²) >= 11 is 0. The monoisotopic (exact) mass is 320 g/mol. The van der Waals surface area contributed by atoms with Crippen LogP contribution in [-0.2, 0) is 12.8 Å².